The molecule has 1 N–H and O–H groups in total. The Kier molecular flexibility index (Phi) is 3.43. The van der Waals surface area contributed by atoms with Crippen LogP contribution in [0.5, 0.6) is 0 Å². The molecule has 0 spiro atoms. The average Bonchev–Trinajstić information content (AvgIpc) is 2.14. The van der Waals surface area contributed by atoms with Gasteiger partial charge in [0.25, 0.3) is 0 Å². The van der Waals surface area contributed by atoms with Gasteiger partial charge >= 0.3 is 0 Å². The number of carbonyl (C=O) groups excluding carboxylic acids is 1. The van der Waals surface area contributed by atoms with Crippen LogP contribution in [0.25, 0.3) is 0 Å². The number of carbonyl (C=O) groups is 1. The highest BCUT2D eigenvalue weighted by atomic mass is 19.1. The lowest BCUT2D eigenvalue weighted by Crippen LogP contribution is -2.17. The molecule has 70 valence electrons. The Balaban J connectivity index is 2.50. The molecular weight excluding hydrogens is 169 g/mol. The molecule has 1 aromatic carbocycles. The molecule has 13 heavy (non-hydrogen) atoms. The Labute approximate surface area is 76.8 Å². The van der Waals surface area contributed by atoms with Crippen LogP contribution in [0.1, 0.15) is 12.0 Å². The van der Waals surface area contributed by atoms with Crippen molar-refractivity contribution in [2.45, 2.75) is 12.8 Å². The summed E-state index contributed by atoms with van der Waals surface area (Å²) in [6.45, 7) is 0. The third-order valence-electron chi connectivity index (χ3n) is 1.81. The first kappa shape index (κ1) is 9.71. The molecule has 0 aliphatic heterocycles. The van der Waals surface area contributed by atoms with E-state index in [1.54, 1.807) is 13.1 Å². The van der Waals surface area contributed by atoms with E-state index < -0.39 is 0 Å². The van der Waals surface area contributed by atoms with Crippen LogP contribution in [0.15, 0.2) is 24.3 Å². The summed E-state index contributed by atoms with van der Waals surface area (Å²) in [6.07, 6.45) is 0.984. The van der Waals surface area contributed by atoms with Crippen molar-refractivity contribution >= 4 is 5.91 Å². The Morgan fingerprint density at radius 2 is 2.31 bits per heavy atom. The molecule has 0 fully saturated rings. The summed E-state index contributed by atoms with van der Waals surface area (Å²) in [7, 11) is 1.59. The molecule has 0 aliphatic carbocycles. The summed E-state index contributed by atoms with van der Waals surface area (Å²) in [5.41, 5.74) is 0.851. The normalized spacial score (nSPS) is 9.69. The molecular formula is C10H12FNO. The lowest BCUT2D eigenvalue weighted by molar-refractivity contribution is -0.120. The van der Waals surface area contributed by atoms with Gasteiger partial charge in [-0.15, -0.1) is 0 Å². The number of aryl methyl sites for hydroxylation is 1. The number of hydrogen-bond acceptors (Lipinski definition) is 1. The maximum atomic E-state index is 12.7. The monoisotopic (exact) mass is 181 g/mol. The smallest absolute Gasteiger partial charge is 0.220 e. The van der Waals surface area contributed by atoms with E-state index in [0.717, 1.165) is 5.56 Å². The molecule has 0 radical (unpaired) electrons. The Morgan fingerprint density at radius 3 is 2.92 bits per heavy atom. The van der Waals surface area contributed by atoms with E-state index >= 15 is 0 Å². The van der Waals surface area contributed by atoms with E-state index in [0.29, 0.717) is 12.8 Å². The van der Waals surface area contributed by atoms with Crippen molar-refractivity contribution in [3.63, 3.8) is 0 Å². The second-order valence-electron chi connectivity index (χ2n) is 2.80. The Morgan fingerprint density at radius 1 is 1.54 bits per heavy atom. The third-order valence-corrected chi connectivity index (χ3v) is 1.81. The van der Waals surface area contributed by atoms with Gasteiger partial charge in [-0.3, -0.25) is 4.79 Å². The minimum atomic E-state index is -0.255. The fourth-order valence-electron chi connectivity index (χ4n) is 1.08. The number of rotatable bonds is 3. The second-order valence-corrected chi connectivity index (χ2v) is 2.80. The van der Waals surface area contributed by atoms with Crippen LogP contribution in [0, 0.1) is 5.82 Å². The molecule has 0 aliphatic rings. The van der Waals surface area contributed by atoms with Crippen LogP contribution < -0.4 is 5.32 Å². The number of halogens is 1. The highest BCUT2D eigenvalue weighted by Gasteiger charge is 1.99. The van der Waals surface area contributed by atoms with Crippen molar-refractivity contribution < 1.29 is 9.18 Å². The molecule has 0 heterocycles. The van der Waals surface area contributed by atoms with Gasteiger partial charge in [0.15, 0.2) is 0 Å². The molecule has 1 amide bonds. The van der Waals surface area contributed by atoms with Gasteiger partial charge in [0.2, 0.25) is 5.91 Å². The summed E-state index contributed by atoms with van der Waals surface area (Å²) in [4.78, 5) is 10.9. The first-order valence-corrected chi connectivity index (χ1v) is 4.17. The maximum Gasteiger partial charge on any atom is 0.220 e. The zero-order valence-corrected chi connectivity index (χ0v) is 7.51. The van der Waals surface area contributed by atoms with Crippen molar-refractivity contribution in [3.05, 3.63) is 35.6 Å². The van der Waals surface area contributed by atoms with Crippen LogP contribution in [0.4, 0.5) is 4.39 Å². The van der Waals surface area contributed by atoms with Gasteiger partial charge in [0, 0.05) is 13.5 Å². The minimum Gasteiger partial charge on any atom is -0.359 e. The third kappa shape index (κ3) is 3.23. The van der Waals surface area contributed by atoms with Gasteiger partial charge < -0.3 is 5.32 Å². The molecule has 0 saturated heterocycles. The number of benzene rings is 1. The van der Waals surface area contributed by atoms with E-state index in [1.165, 1.54) is 12.1 Å². The largest absolute Gasteiger partial charge is 0.359 e. The quantitative estimate of drug-likeness (QED) is 0.752. The van der Waals surface area contributed by atoms with Crippen molar-refractivity contribution in [1.29, 1.82) is 0 Å². The van der Waals surface area contributed by atoms with Crippen LogP contribution >= 0.6 is 0 Å². The highest BCUT2D eigenvalue weighted by Crippen LogP contribution is 2.05. The van der Waals surface area contributed by atoms with Gasteiger partial charge in [-0.2, -0.15) is 0 Å². The van der Waals surface area contributed by atoms with Gasteiger partial charge in [0.05, 0.1) is 0 Å². The first-order valence-electron chi connectivity index (χ1n) is 4.17. The Bertz CT molecular complexity index is 299. The van der Waals surface area contributed by atoms with Gasteiger partial charge in [-0.05, 0) is 24.1 Å². The predicted molar refractivity (Wildman–Crippen MR) is 48.8 cm³/mol. The molecule has 0 aromatic heterocycles. The zero-order chi connectivity index (χ0) is 9.68. The van der Waals surface area contributed by atoms with E-state index in [4.69, 9.17) is 0 Å². The van der Waals surface area contributed by atoms with Crippen LogP contribution in [-0.4, -0.2) is 13.0 Å². The molecule has 0 atom stereocenters. The summed E-state index contributed by atoms with van der Waals surface area (Å²) in [5, 5.41) is 2.52. The number of hydrogen-bond donors (Lipinski definition) is 1. The fraction of sp³-hybridized carbons (Fsp3) is 0.300. The van der Waals surface area contributed by atoms with Crippen molar-refractivity contribution in [3.8, 4) is 0 Å². The second kappa shape index (κ2) is 4.60. The summed E-state index contributed by atoms with van der Waals surface area (Å²) < 4.78 is 12.7. The lowest BCUT2D eigenvalue weighted by Gasteiger charge is -2.00. The number of amides is 1. The number of nitrogens with one attached hydrogen (secondary N) is 1. The first-order chi connectivity index (χ1) is 6.22. The van der Waals surface area contributed by atoms with E-state index in [9.17, 15) is 9.18 Å². The summed E-state index contributed by atoms with van der Waals surface area (Å²) >= 11 is 0. The molecule has 1 aromatic rings. The zero-order valence-electron chi connectivity index (χ0n) is 7.51. The minimum absolute atomic E-state index is 0.0238. The summed E-state index contributed by atoms with van der Waals surface area (Å²) in [5.74, 6) is -0.279. The standard InChI is InChI=1S/C10H12FNO/c1-12-10(13)6-5-8-3-2-4-9(11)7-8/h2-4,7H,5-6H2,1H3,(H,12,13). The van der Waals surface area contributed by atoms with Gasteiger partial charge in [-0.25, -0.2) is 4.39 Å². The predicted octanol–water partition coefficient (Wildman–Crippen LogP) is 1.50. The van der Waals surface area contributed by atoms with Crippen LogP contribution in [0.3, 0.4) is 0 Å². The van der Waals surface area contributed by atoms with E-state index in [-0.39, 0.29) is 11.7 Å². The molecule has 0 unspecified atom stereocenters. The van der Waals surface area contributed by atoms with E-state index in [1.807, 2.05) is 6.07 Å². The molecule has 1 rings (SSSR count). The molecule has 2 nitrogen and oxygen atoms in total. The SMILES string of the molecule is CNC(=O)CCc1cccc(F)c1. The lowest BCUT2D eigenvalue weighted by atomic mass is 10.1. The fourth-order valence-corrected chi connectivity index (χ4v) is 1.08. The van der Waals surface area contributed by atoms with Crippen molar-refractivity contribution in [1.82, 2.24) is 5.32 Å². The molecule has 0 saturated carbocycles. The summed E-state index contributed by atoms with van der Waals surface area (Å²) in [6, 6.07) is 6.30. The van der Waals surface area contributed by atoms with Crippen LogP contribution in [0.2, 0.25) is 0 Å². The van der Waals surface area contributed by atoms with E-state index in [2.05, 4.69) is 5.32 Å². The maximum absolute atomic E-state index is 12.7. The van der Waals surface area contributed by atoms with Gasteiger partial charge in [0.1, 0.15) is 5.82 Å². The van der Waals surface area contributed by atoms with Crippen molar-refractivity contribution in [2.24, 2.45) is 0 Å². The topological polar surface area (TPSA) is 29.1 Å². The van der Waals surface area contributed by atoms with Crippen molar-refractivity contribution in [2.75, 3.05) is 7.05 Å². The molecule has 0 bridgehead atoms. The highest BCUT2D eigenvalue weighted by molar-refractivity contribution is 5.75. The average molecular weight is 181 g/mol. The molecule has 3 heteroatoms. The Hall–Kier alpha value is -1.38. The van der Waals surface area contributed by atoms with Gasteiger partial charge in [-0.1, -0.05) is 12.1 Å². The van der Waals surface area contributed by atoms with Crippen LogP contribution in [-0.2, 0) is 11.2 Å².